The SMILES string of the molecule is CC(C)Oc1cccc(/C(O)=C2/C(=O)C(=O)N(Cc3ccncc3)C2c2ccco2)c1. The van der Waals surface area contributed by atoms with E-state index in [9.17, 15) is 14.7 Å². The van der Waals surface area contributed by atoms with Gasteiger partial charge in [0.15, 0.2) is 0 Å². The minimum atomic E-state index is -0.849. The summed E-state index contributed by atoms with van der Waals surface area (Å²) < 4.78 is 11.2. The van der Waals surface area contributed by atoms with Gasteiger partial charge in [-0.05, 0) is 55.8 Å². The van der Waals surface area contributed by atoms with Crippen LogP contribution in [0.1, 0.15) is 36.8 Å². The molecule has 1 fully saturated rings. The van der Waals surface area contributed by atoms with Crippen molar-refractivity contribution in [3.63, 3.8) is 0 Å². The standard InChI is InChI=1S/C24H22N2O5/c1-15(2)31-18-6-3-5-17(13-18)22(27)20-21(19-7-4-12-30-19)26(24(29)23(20)28)14-16-8-10-25-11-9-16/h3-13,15,21,27H,14H2,1-2H3/b22-20-. The average Bonchev–Trinajstić information content (AvgIpc) is 3.36. The van der Waals surface area contributed by atoms with E-state index in [-0.39, 0.29) is 24.0 Å². The molecule has 0 radical (unpaired) electrons. The molecule has 4 rings (SSSR count). The normalized spacial score (nSPS) is 18.0. The Hall–Kier alpha value is -3.87. The Labute approximate surface area is 179 Å². The third-order valence-corrected chi connectivity index (χ3v) is 4.93. The van der Waals surface area contributed by atoms with Gasteiger partial charge in [-0.3, -0.25) is 14.6 Å². The van der Waals surface area contributed by atoms with Crippen LogP contribution in [0, 0.1) is 0 Å². The molecule has 1 atom stereocenters. The molecule has 3 heterocycles. The second-order valence-electron chi connectivity index (χ2n) is 7.49. The van der Waals surface area contributed by atoms with Crippen LogP contribution in [-0.4, -0.2) is 32.8 Å². The Morgan fingerprint density at radius 2 is 1.94 bits per heavy atom. The quantitative estimate of drug-likeness (QED) is 0.368. The number of pyridine rings is 1. The van der Waals surface area contributed by atoms with Crippen LogP contribution in [0.5, 0.6) is 5.75 Å². The highest BCUT2D eigenvalue weighted by Crippen LogP contribution is 2.40. The van der Waals surface area contributed by atoms with E-state index in [1.54, 1.807) is 60.9 Å². The zero-order valence-electron chi connectivity index (χ0n) is 17.2. The fourth-order valence-corrected chi connectivity index (χ4v) is 3.62. The number of aromatic nitrogens is 1. The summed E-state index contributed by atoms with van der Waals surface area (Å²) in [5, 5.41) is 11.1. The maximum atomic E-state index is 13.0. The van der Waals surface area contributed by atoms with Gasteiger partial charge in [-0.2, -0.15) is 0 Å². The van der Waals surface area contributed by atoms with Crippen LogP contribution in [0.4, 0.5) is 0 Å². The summed E-state index contributed by atoms with van der Waals surface area (Å²) in [7, 11) is 0. The summed E-state index contributed by atoms with van der Waals surface area (Å²) in [6.45, 7) is 3.97. The first-order valence-corrected chi connectivity index (χ1v) is 9.93. The van der Waals surface area contributed by atoms with Crippen LogP contribution < -0.4 is 4.74 Å². The maximum Gasteiger partial charge on any atom is 0.296 e. The Bertz CT molecular complexity index is 1120. The van der Waals surface area contributed by atoms with Crippen LogP contribution in [0.25, 0.3) is 5.76 Å². The molecule has 1 N–H and O–H groups in total. The van der Waals surface area contributed by atoms with Crippen LogP contribution in [-0.2, 0) is 16.1 Å². The summed E-state index contributed by atoms with van der Waals surface area (Å²) in [5.41, 5.74) is 1.17. The van der Waals surface area contributed by atoms with Crippen LogP contribution in [0.2, 0.25) is 0 Å². The van der Waals surface area contributed by atoms with E-state index in [0.717, 1.165) is 5.56 Å². The molecule has 31 heavy (non-hydrogen) atoms. The fraction of sp³-hybridized carbons (Fsp3) is 0.208. The Morgan fingerprint density at radius 1 is 1.16 bits per heavy atom. The first kappa shape index (κ1) is 20.4. The van der Waals surface area contributed by atoms with Crippen molar-refractivity contribution in [1.82, 2.24) is 9.88 Å². The van der Waals surface area contributed by atoms with Gasteiger partial charge >= 0.3 is 0 Å². The van der Waals surface area contributed by atoms with Gasteiger partial charge in [-0.15, -0.1) is 0 Å². The number of rotatable bonds is 6. The number of nitrogens with zero attached hydrogens (tertiary/aromatic N) is 2. The lowest BCUT2D eigenvalue weighted by Gasteiger charge is -2.23. The van der Waals surface area contributed by atoms with E-state index >= 15 is 0 Å². The van der Waals surface area contributed by atoms with Gasteiger partial charge in [0, 0.05) is 24.5 Å². The highest BCUT2D eigenvalue weighted by atomic mass is 16.5. The number of carbonyl (C=O) groups excluding carboxylic acids is 2. The molecule has 1 unspecified atom stereocenters. The molecule has 0 aliphatic carbocycles. The molecule has 1 aromatic carbocycles. The molecule has 3 aromatic rings. The number of carbonyl (C=O) groups is 2. The fourth-order valence-electron chi connectivity index (χ4n) is 3.62. The van der Waals surface area contributed by atoms with Crippen molar-refractivity contribution < 1.29 is 23.8 Å². The predicted molar refractivity (Wildman–Crippen MR) is 113 cm³/mol. The third kappa shape index (κ3) is 4.07. The van der Waals surface area contributed by atoms with E-state index in [1.165, 1.54) is 11.2 Å². The van der Waals surface area contributed by atoms with E-state index in [2.05, 4.69) is 4.98 Å². The lowest BCUT2D eigenvalue weighted by atomic mass is 9.99. The van der Waals surface area contributed by atoms with E-state index in [1.807, 2.05) is 13.8 Å². The number of furan rings is 1. The van der Waals surface area contributed by atoms with Gasteiger partial charge < -0.3 is 19.2 Å². The summed E-state index contributed by atoms with van der Waals surface area (Å²) in [4.78, 5) is 31.3. The number of benzene rings is 1. The number of hydrogen-bond acceptors (Lipinski definition) is 6. The molecule has 1 aliphatic heterocycles. The second-order valence-corrected chi connectivity index (χ2v) is 7.49. The first-order chi connectivity index (χ1) is 15.0. The van der Waals surface area contributed by atoms with Gasteiger partial charge in [0.2, 0.25) is 0 Å². The topological polar surface area (TPSA) is 92.9 Å². The number of amides is 1. The molecule has 1 amide bonds. The monoisotopic (exact) mass is 418 g/mol. The second kappa shape index (κ2) is 8.47. The zero-order chi connectivity index (χ0) is 22.0. The first-order valence-electron chi connectivity index (χ1n) is 9.93. The van der Waals surface area contributed by atoms with E-state index in [0.29, 0.717) is 17.1 Å². The van der Waals surface area contributed by atoms with Crippen molar-refractivity contribution in [1.29, 1.82) is 0 Å². The number of likely N-dealkylation sites (tertiary alicyclic amines) is 1. The average molecular weight is 418 g/mol. The van der Waals surface area contributed by atoms with Gasteiger partial charge in [0.1, 0.15) is 23.3 Å². The number of ketones is 1. The molecule has 0 saturated carbocycles. The van der Waals surface area contributed by atoms with Crippen molar-refractivity contribution in [3.05, 3.63) is 89.6 Å². The van der Waals surface area contributed by atoms with Crippen LogP contribution in [0.3, 0.4) is 0 Å². The maximum absolute atomic E-state index is 13.0. The lowest BCUT2D eigenvalue weighted by molar-refractivity contribution is -0.140. The number of Topliss-reactive ketones (excluding diaryl/α,β-unsaturated/α-hetero) is 1. The Morgan fingerprint density at radius 3 is 2.61 bits per heavy atom. The molecule has 7 nitrogen and oxygen atoms in total. The van der Waals surface area contributed by atoms with Crippen molar-refractivity contribution in [3.8, 4) is 5.75 Å². The molecule has 2 aromatic heterocycles. The van der Waals surface area contributed by atoms with Crippen molar-refractivity contribution >= 4 is 17.4 Å². The van der Waals surface area contributed by atoms with Gasteiger partial charge in [-0.25, -0.2) is 0 Å². The minimum Gasteiger partial charge on any atom is -0.507 e. The number of aliphatic hydroxyl groups is 1. The van der Waals surface area contributed by atoms with Gasteiger partial charge in [0.25, 0.3) is 11.7 Å². The molecular formula is C24H22N2O5. The molecule has 1 saturated heterocycles. The summed E-state index contributed by atoms with van der Waals surface area (Å²) in [6.07, 6.45) is 4.66. The van der Waals surface area contributed by atoms with Gasteiger partial charge in [-0.1, -0.05) is 12.1 Å². The number of aliphatic hydroxyl groups excluding tert-OH is 1. The van der Waals surface area contributed by atoms with E-state index in [4.69, 9.17) is 9.15 Å². The summed E-state index contributed by atoms with van der Waals surface area (Å²) >= 11 is 0. The molecule has 0 bridgehead atoms. The lowest BCUT2D eigenvalue weighted by Crippen LogP contribution is -2.29. The minimum absolute atomic E-state index is 0.0179. The predicted octanol–water partition coefficient (Wildman–Crippen LogP) is 4.08. The molecule has 7 heteroatoms. The number of hydrogen-bond donors (Lipinski definition) is 1. The van der Waals surface area contributed by atoms with Crippen LogP contribution in [0.15, 0.2) is 77.2 Å². The van der Waals surface area contributed by atoms with Crippen molar-refractivity contribution in [2.45, 2.75) is 32.5 Å². The molecule has 1 aliphatic rings. The Balaban J connectivity index is 1.80. The van der Waals surface area contributed by atoms with E-state index < -0.39 is 17.7 Å². The molecular weight excluding hydrogens is 396 g/mol. The van der Waals surface area contributed by atoms with Gasteiger partial charge in [0.05, 0.1) is 17.9 Å². The highest BCUT2D eigenvalue weighted by molar-refractivity contribution is 6.46. The molecule has 0 spiro atoms. The Kier molecular flexibility index (Phi) is 5.58. The largest absolute Gasteiger partial charge is 0.507 e. The smallest absolute Gasteiger partial charge is 0.296 e. The summed E-state index contributed by atoms with van der Waals surface area (Å²) in [6, 6.07) is 12.8. The van der Waals surface area contributed by atoms with Crippen molar-refractivity contribution in [2.75, 3.05) is 0 Å². The number of ether oxygens (including phenoxy) is 1. The van der Waals surface area contributed by atoms with Crippen LogP contribution >= 0.6 is 0 Å². The molecule has 158 valence electrons. The summed E-state index contributed by atoms with van der Waals surface area (Å²) in [5.74, 6) is -0.785. The zero-order valence-corrected chi connectivity index (χ0v) is 17.2. The third-order valence-electron chi connectivity index (χ3n) is 4.93. The highest BCUT2D eigenvalue weighted by Gasteiger charge is 2.47. The van der Waals surface area contributed by atoms with Crippen molar-refractivity contribution in [2.24, 2.45) is 0 Å².